The van der Waals surface area contributed by atoms with Gasteiger partial charge < -0.3 is 5.11 Å². The van der Waals surface area contributed by atoms with Crippen LogP contribution >= 0.6 is 11.3 Å². The van der Waals surface area contributed by atoms with Gasteiger partial charge in [-0.15, -0.1) is 0 Å². The van der Waals surface area contributed by atoms with E-state index in [4.69, 9.17) is 10.4 Å². The number of nitriles is 1. The second-order valence-electron chi connectivity index (χ2n) is 3.44. The van der Waals surface area contributed by atoms with Crippen molar-refractivity contribution in [3.63, 3.8) is 0 Å². The Bertz CT molecular complexity index is 640. The minimum Gasteiger partial charge on any atom is -0.477 e. The van der Waals surface area contributed by atoms with E-state index in [1.807, 2.05) is 22.9 Å². The second kappa shape index (κ2) is 5.25. The molecule has 2 aromatic heterocycles. The van der Waals surface area contributed by atoms with E-state index in [0.717, 1.165) is 5.56 Å². The molecule has 18 heavy (non-hydrogen) atoms. The van der Waals surface area contributed by atoms with Crippen LogP contribution in [-0.4, -0.2) is 16.1 Å². The normalized spacial score (nSPS) is 10.4. The van der Waals surface area contributed by atoms with Crippen LogP contribution in [-0.2, 0) is 0 Å². The molecule has 0 aromatic carbocycles. The number of carbonyl (C=O) groups is 1. The van der Waals surface area contributed by atoms with Gasteiger partial charge in [-0.3, -0.25) is 0 Å². The molecule has 0 aliphatic carbocycles. The van der Waals surface area contributed by atoms with Crippen LogP contribution in [0.4, 0.5) is 0 Å². The maximum Gasteiger partial charge on any atom is 0.354 e. The quantitative estimate of drug-likeness (QED) is 0.916. The molecular weight excluding hydrogens is 248 g/mol. The van der Waals surface area contributed by atoms with Gasteiger partial charge in [-0.1, -0.05) is 6.08 Å². The van der Waals surface area contributed by atoms with Gasteiger partial charge in [0, 0.05) is 0 Å². The number of aromatic nitrogens is 1. The molecule has 0 saturated heterocycles. The van der Waals surface area contributed by atoms with Crippen molar-refractivity contribution in [1.82, 2.24) is 4.98 Å². The lowest BCUT2D eigenvalue weighted by Crippen LogP contribution is -2.02. The molecule has 2 rings (SSSR count). The molecule has 2 aromatic rings. The molecule has 0 saturated carbocycles. The third-order valence-electron chi connectivity index (χ3n) is 2.24. The highest BCUT2D eigenvalue weighted by molar-refractivity contribution is 7.08. The third kappa shape index (κ3) is 2.62. The summed E-state index contributed by atoms with van der Waals surface area (Å²) < 4.78 is 0. The molecule has 0 atom stereocenters. The summed E-state index contributed by atoms with van der Waals surface area (Å²) >= 11 is 1.56. The summed E-state index contributed by atoms with van der Waals surface area (Å²) in [5, 5.41) is 21.7. The smallest absolute Gasteiger partial charge is 0.354 e. The number of hydrogen-bond donors (Lipinski definition) is 1. The lowest BCUT2D eigenvalue weighted by atomic mass is 10.1. The summed E-state index contributed by atoms with van der Waals surface area (Å²) in [7, 11) is 0. The highest BCUT2D eigenvalue weighted by Crippen LogP contribution is 2.13. The summed E-state index contributed by atoms with van der Waals surface area (Å²) in [6.07, 6.45) is 3.44. The fourth-order valence-electron chi connectivity index (χ4n) is 1.36. The van der Waals surface area contributed by atoms with Crippen LogP contribution in [0, 0.1) is 11.3 Å². The molecule has 1 N–H and O–H groups in total. The van der Waals surface area contributed by atoms with Crippen LogP contribution in [0.25, 0.3) is 12.2 Å². The molecule has 0 unspecified atom stereocenters. The van der Waals surface area contributed by atoms with Crippen molar-refractivity contribution in [3.05, 3.63) is 51.5 Å². The van der Waals surface area contributed by atoms with E-state index in [1.54, 1.807) is 23.5 Å². The first-order valence-corrected chi connectivity index (χ1v) is 5.99. The van der Waals surface area contributed by atoms with E-state index in [9.17, 15) is 4.79 Å². The van der Waals surface area contributed by atoms with E-state index in [1.165, 1.54) is 12.1 Å². The van der Waals surface area contributed by atoms with Gasteiger partial charge in [0.15, 0.2) is 0 Å². The number of carboxylic acid groups (broad SMARTS) is 1. The number of pyridine rings is 1. The third-order valence-corrected chi connectivity index (χ3v) is 2.94. The van der Waals surface area contributed by atoms with E-state index >= 15 is 0 Å². The molecular formula is C13H8N2O2S. The van der Waals surface area contributed by atoms with E-state index in [-0.39, 0.29) is 5.69 Å². The van der Waals surface area contributed by atoms with Gasteiger partial charge in [-0.2, -0.15) is 16.6 Å². The Morgan fingerprint density at radius 3 is 2.83 bits per heavy atom. The van der Waals surface area contributed by atoms with Gasteiger partial charge in [0.05, 0.1) is 11.3 Å². The van der Waals surface area contributed by atoms with Gasteiger partial charge in [0.2, 0.25) is 0 Å². The van der Waals surface area contributed by atoms with Gasteiger partial charge in [-0.05, 0) is 40.6 Å². The minimum atomic E-state index is -1.11. The monoisotopic (exact) mass is 256 g/mol. The van der Waals surface area contributed by atoms with Gasteiger partial charge in [0.1, 0.15) is 11.8 Å². The first-order valence-electron chi connectivity index (χ1n) is 5.05. The van der Waals surface area contributed by atoms with Crippen molar-refractivity contribution < 1.29 is 9.90 Å². The Morgan fingerprint density at radius 2 is 2.22 bits per heavy atom. The Morgan fingerprint density at radius 1 is 1.39 bits per heavy atom. The lowest BCUT2D eigenvalue weighted by Gasteiger charge is -1.99. The average molecular weight is 256 g/mol. The molecule has 0 bridgehead atoms. The molecule has 4 nitrogen and oxygen atoms in total. The van der Waals surface area contributed by atoms with Crippen LogP contribution in [0.1, 0.15) is 27.3 Å². The first-order chi connectivity index (χ1) is 8.70. The van der Waals surface area contributed by atoms with Gasteiger partial charge in [-0.25, -0.2) is 9.78 Å². The van der Waals surface area contributed by atoms with Crippen LogP contribution in [0.5, 0.6) is 0 Å². The average Bonchev–Trinajstić information content (AvgIpc) is 2.89. The lowest BCUT2D eigenvalue weighted by molar-refractivity contribution is 0.0690. The molecule has 0 amide bonds. The van der Waals surface area contributed by atoms with Crippen molar-refractivity contribution in [2.45, 2.75) is 0 Å². The predicted molar refractivity (Wildman–Crippen MR) is 69.2 cm³/mol. The SMILES string of the molecule is N#Cc1ccc(C(=O)O)nc1C=Cc1ccsc1. The van der Waals surface area contributed by atoms with Gasteiger partial charge in [0.25, 0.3) is 0 Å². The predicted octanol–water partition coefficient (Wildman–Crippen LogP) is 2.88. The van der Waals surface area contributed by atoms with E-state index < -0.39 is 5.97 Å². The van der Waals surface area contributed by atoms with Crippen LogP contribution < -0.4 is 0 Å². The van der Waals surface area contributed by atoms with Crippen molar-refractivity contribution in [3.8, 4) is 6.07 Å². The van der Waals surface area contributed by atoms with Crippen molar-refractivity contribution >= 4 is 29.5 Å². The zero-order valence-electron chi connectivity index (χ0n) is 9.20. The molecule has 0 aliphatic heterocycles. The zero-order valence-corrected chi connectivity index (χ0v) is 10.0. The fraction of sp³-hybridized carbons (Fsp3) is 0. The number of aromatic carboxylic acids is 1. The second-order valence-corrected chi connectivity index (χ2v) is 4.22. The Hall–Kier alpha value is -2.45. The van der Waals surface area contributed by atoms with Crippen molar-refractivity contribution in [2.24, 2.45) is 0 Å². The molecule has 88 valence electrons. The largest absolute Gasteiger partial charge is 0.477 e. The van der Waals surface area contributed by atoms with E-state index in [0.29, 0.717) is 11.3 Å². The summed E-state index contributed by atoms with van der Waals surface area (Å²) in [5.74, 6) is -1.11. The highest BCUT2D eigenvalue weighted by atomic mass is 32.1. The molecule has 0 fully saturated rings. The number of nitrogens with zero attached hydrogens (tertiary/aromatic N) is 2. The molecule has 0 spiro atoms. The van der Waals surface area contributed by atoms with Crippen molar-refractivity contribution in [1.29, 1.82) is 5.26 Å². The molecule has 0 aliphatic rings. The fourth-order valence-corrected chi connectivity index (χ4v) is 1.99. The molecule has 2 heterocycles. The highest BCUT2D eigenvalue weighted by Gasteiger charge is 2.08. The maximum absolute atomic E-state index is 10.8. The number of hydrogen-bond acceptors (Lipinski definition) is 4. The number of rotatable bonds is 3. The Labute approximate surface area is 107 Å². The Kier molecular flexibility index (Phi) is 3.51. The van der Waals surface area contributed by atoms with Crippen LogP contribution in [0.15, 0.2) is 29.0 Å². The zero-order chi connectivity index (χ0) is 13.0. The summed E-state index contributed by atoms with van der Waals surface area (Å²) in [5.41, 5.74) is 1.64. The summed E-state index contributed by atoms with van der Waals surface area (Å²) in [6.45, 7) is 0. The maximum atomic E-state index is 10.8. The number of carboxylic acids is 1. The van der Waals surface area contributed by atoms with Crippen LogP contribution in [0.2, 0.25) is 0 Å². The van der Waals surface area contributed by atoms with Crippen LogP contribution in [0.3, 0.4) is 0 Å². The van der Waals surface area contributed by atoms with Crippen molar-refractivity contribution in [2.75, 3.05) is 0 Å². The minimum absolute atomic E-state index is 0.0704. The standard InChI is InChI=1S/C13H8N2O2S/c14-7-10-2-4-12(13(16)17)15-11(10)3-1-9-5-6-18-8-9/h1-6,8H,(H,16,17). The topological polar surface area (TPSA) is 74.0 Å². The summed E-state index contributed by atoms with van der Waals surface area (Å²) in [4.78, 5) is 14.8. The van der Waals surface area contributed by atoms with E-state index in [2.05, 4.69) is 4.98 Å². The molecule has 0 radical (unpaired) electrons. The number of thiophene rings is 1. The van der Waals surface area contributed by atoms with Gasteiger partial charge >= 0.3 is 5.97 Å². The molecule has 5 heteroatoms. The summed E-state index contributed by atoms with van der Waals surface area (Å²) in [6, 6.07) is 6.70. The Balaban J connectivity index is 2.39. The first kappa shape index (κ1) is 12.0.